The Morgan fingerprint density at radius 1 is 1.19 bits per heavy atom. The topological polar surface area (TPSA) is 111 Å². The molecule has 3 aromatic rings. The number of aromatic hydroxyl groups is 1. The van der Waals surface area contributed by atoms with E-state index in [0.717, 1.165) is 19.2 Å². The zero-order valence-corrected chi connectivity index (χ0v) is 17.2. The van der Waals surface area contributed by atoms with Crippen molar-refractivity contribution in [2.75, 3.05) is 20.1 Å². The number of pyridine rings is 1. The highest BCUT2D eigenvalue weighted by Crippen LogP contribution is 2.20. The zero-order chi connectivity index (χ0) is 22.5. The van der Waals surface area contributed by atoms with E-state index in [1.54, 1.807) is 19.1 Å². The lowest BCUT2D eigenvalue weighted by molar-refractivity contribution is 0.0957. The third-order valence-electron chi connectivity index (χ3n) is 4.94. The Bertz CT molecular complexity index is 1160. The highest BCUT2D eigenvalue weighted by molar-refractivity contribution is 5.92. The largest absolute Gasteiger partial charge is 0.504 e. The summed E-state index contributed by atoms with van der Waals surface area (Å²) in [4.78, 5) is 34.5. The first-order valence-corrected chi connectivity index (χ1v) is 9.78. The van der Waals surface area contributed by atoms with Gasteiger partial charge in [0, 0.05) is 19.2 Å². The number of hydrogen-bond acceptors (Lipinski definition) is 6. The second-order valence-electron chi connectivity index (χ2n) is 7.15. The predicted molar refractivity (Wildman–Crippen MR) is 111 cm³/mol. The molecular formula is C21H23F2N5O3. The highest BCUT2D eigenvalue weighted by atomic mass is 19.1. The number of amides is 1. The van der Waals surface area contributed by atoms with Crippen LogP contribution in [-0.4, -0.2) is 51.0 Å². The van der Waals surface area contributed by atoms with Gasteiger partial charge in [0.25, 0.3) is 17.4 Å². The first kappa shape index (κ1) is 22.3. The fraction of sp³-hybridized carbons (Fsp3) is 0.333. The Kier molecular flexibility index (Phi) is 6.91. The molecule has 8 nitrogen and oxygen atoms in total. The van der Waals surface area contributed by atoms with Crippen molar-refractivity contribution >= 4 is 16.9 Å². The van der Waals surface area contributed by atoms with Crippen LogP contribution in [0.5, 0.6) is 5.75 Å². The number of nitrogens with one attached hydrogen (secondary N) is 2. The summed E-state index contributed by atoms with van der Waals surface area (Å²) in [5, 5.41) is 11.0. The van der Waals surface area contributed by atoms with Crippen LogP contribution >= 0.6 is 0 Å². The van der Waals surface area contributed by atoms with Crippen LogP contribution in [0.2, 0.25) is 0 Å². The van der Waals surface area contributed by atoms with Gasteiger partial charge < -0.3 is 15.4 Å². The van der Waals surface area contributed by atoms with E-state index < -0.39 is 17.6 Å². The summed E-state index contributed by atoms with van der Waals surface area (Å²) in [7, 11) is 1.41. The molecule has 10 heteroatoms. The molecule has 1 aliphatic heterocycles. The summed E-state index contributed by atoms with van der Waals surface area (Å²) >= 11 is 0. The van der Waals surface area contributed by atoms with E-state index in [1.165, 1.54) is 26.0 Å². The van der Waals surface area contributed by atoms with Crippen molar-refractivity contribution in [3.05, 3.63) is 63.3 Å². The first-order chi connectivity index (χ1) is 14.8. The Morgan fingerprint density at radius 3 is 2.55 bits per heavy atom. The fourth-order valence-electron chi connectivity index (χ4n) is 3.24. The molecule has 0 unspecified atom stereocenters. The van der Waals surface area contributed by atoms with Gasteiger partial charge in [0.05, 0.1) is 5.52 Å². The Labute approximate surface area is 177 Å². The minimum atomic E-state index is -1.05. The molecule has 3 heterocycles. The van der Waals surface area contributed by atoms with Gasteiger partial charge >= 0.3 is 0 Å². The van der Waals surface area contributed by atoms with E-state index in [1.807, 2.05) is 0 Å². The zero-order valence-electron chi connectivity index (χ0n) is 17.2. The van der Waals surface area contributed by atoms with Crippen molar-refractivity contribution < 1.29 is 18.7 Å². The monoisotopic (exact) mass is 431 g/mol. The van der Waals surface area contributed by atoms with Crippen LogP contribution in [0.15, 0.2) is 29.1 Å². The summed E-state index contributed by atoms with van der Waals surface area (Å²) in [6.45, 7) is 4.24. The molecule has 1 saturated heterocycles. The van der Waals surface area contributed by atoms with Gasteiger partial charge in [-0.05, 0) is 51.1 Å². The lowest BCUT2D eigenvalue weighted by Gasteiger charge is -2.15. The predicted octanol–water partition coefficient (Wildman–Crippen LogP) is 2.25. The van der Waals surface area contributed by atoms with Gasteiger partial charge in [-0.15, -0.1) is 0 Å². The molecule has 0 bridgehead atoms. The maximum absolute atomic E-state index is 14.4. The second kappa shape index (κ2) is 9.61. The molecule has 3 N–H and O–H groups in total. The third kappa shape index (κ3) is 5.21. The van der Waals surface area contributed by atoms with E-state index in [2.05, 4.69) is 25.2 Å². The fourth-order valence-corrected chi connectivity index (χ4v) is 3.24. The number of benzene rings is 1. The minimum Gasteiger partial charge on any atom is -0.504 e. The normalized spacial score (nSPS) is 13.7. The number of aromatic nitrogens is 3. The average Bonchev–Trinajstić information content (AvgIpc) is 3.27. The number of hydrogen-bond donors (Lipinski definition) is 3. The summed E-state index contributed by atoms with van der Waals surface area (Å²) in [6.07, 6.45) is 2.35. The molecule has 1 fully saturated rings. The highest BCUT2D eigenvalue weighted by Gasteiger charge is 2.16. The SMILES string of the molecule is CNC(=O)c1ccc(O)c(F)n1.Cc1nc2ccc(CN3CCCC3)c(F)c2[nH]c1=O. The summed E-state index contributed by atoms with van der Waals surface area (Å²) < 4.78 is 26.9. The third-order valence-corrected chi connectivity index (χ3v) is 4.94. The Hall–Kier alpha value is -3.40. The molecule has 1 aromatic carbocycles. The summed E-state index contributed by atoms with van der Waals surface area (Å²) in [6, 6.07) is 5.84. The number of rotatable bonds is 3. The number of nitrogens with zero attached hydrogens (tertiary/aromatic N) is 3. The van der Waals surface area contributed by atoms with Gasteiger partial charge in [0.2, 0.25) is 0 Å². The van der Waals surface area contributed by atoms with E-state index in [0.29, 0.717) is 23.3 Å². The van der Waals surface area contributed by atoms with Crippen LogP contribution in [0, 0.1) is 18.7 Å². The molecule has 1 aliphatic rings. The van der Waals surface area contributed by atoms with Gasteiger partial charge in [-0.3, -0.25) is 14.5 Å². The van der Waals surface area contributed by atoms with Crippen molar-refractivity contribution in [2.45, 2.75) is 26.3 Å². The molecule has 164 valence electrons. The second-order valence-corrected chi connectivity index (χ2v) is 7.15. The van der Waals surface area contributed by atoms with Crippen LogP contribution in [0.4, 0.5) is 8.78 Å². The lowest BCUT2D eigenvalue weighted by atomic mass is 10.1. The molecule has 0 spiro atoms. The van der Waals surface area contributed by atoms with Crippen LogP contribution in [-0.2, 0) is 6.54 Å². The van der Waals surface area contributed by atoms with E-state index in [-0.39, 0.29) is 22.6 Å². The standard InChI is InChI=1S/C14H16FN3O.C7H7FN2O2/c1-9-14(19)17-13-11(16-9)5-4-10(12(13)15)8-18-6-2-3-7-18;1-9-7(12)4-2-3-5(11)6(8)10-4/h4-5H,2-3,6-8H2,1H3,(H,17,19);2-3,11H,1H3,(H,9,12). The van der Waals surface area contributed by atoms with Crippen LogP contribution in [0.1, 0.15) is 34.6 Å². The smallest absolute Gasteiger partial charge is 0.269 e. The van der Waals surface area contributed by atoms with Gasteiger partial charge in [0.15, 0.2) is 11.6 Å². The molecule has 0 aliphatic carbocycles. The number of halogens is 2. The number of H-pyrrole nitrogens is 1. The summed E-state index contributed by atoms with van der Waals surface area (Å²) in [5.41, 5.74) is 1.31. The van der Waals surface area contributed by atoms with Gasteiger partial charge in [0.1, 0.15) is 16.9 Å². The number of carbonyl (C=O) groups excluding carboxylic acids is 1. The molecule has 4 rings (SSSR count). The van der Waals surface area contributed by atoms with E-state index in [4.69, 9.17) is 5.11 Å². The van der Waals surface area contributed by atoms with Crippen LogP contribution in [0.3, 0.4) is 0 Å². The maximum Gasteiger partial charge on any atom is 0.269 e. The van der Waals surface area contributed by atoms with Crippen LogP contribution < -0.4 is 10.9 Å². The molecule has 2 aromatic heterocycles. The van der Waals surface area contributed by atoms with Gasteiger partial charge in [-0.25, -0.2) is 14.4 Å². The van der Waals surface area contributed by atoms with Crippen molar-refractivity contribution in [1.29, 1.82) is 0 Å². The number of fused-ring (bicyclic) bond motifs is 1. The number of carbonyl (C=O) groups is 1. The maximum atomic E-state index is 14.4. The number of aromatic amines is 1. The van der Waals surface area contributed by atoms with Crippen molar-refractivity contribution in [2.24, 2.45) is 0 Å². The first-order valence-electron chi connectivity index (χ1n) is 9.78. The molecule has 0 saturated carbocycles. The minimum absolute atomic E-state index is 0.0622. The number of aryl methyl sites for hydroxylation is 1. The van der Waals surface area contributed by atoms with Crippen LogP contribution in [0.25, 0.3) is 11.0 Å². The van der Waals surface area contributed by atoms with Gasteiger partial charge in [-0.2, -0.15) is 4.39 Å². The van der Waals surface area contributed by atoms with E-state index in [9.17, 15) is 18.4 Å². The number of likely N-dealkylation sites (tertiary alicyclic amines) is 1. The van der Waals surface area contributed by atoms with Crippen molar-refractivity contribution in [3.8, 4) is 5.75 Å². The van der Waals surface area contributed by atoms with E-state index >= 15 is 0 Å². The van der Waals surface area contributed by atoms with Gasteiger partial charge in [-0.1, -0.05) is 6.07 Å². The molecular weight excluding hydrogens is 408 g/mol. The Balaban J connectivity index is 0.000000196. The molecule has 31 heavy (non-hydrogen) atoms. The summed E-state index contributed by atoms with van der Waals surface area (Å²) in [5.74, 6) is -2.46. The molecule has 0 atom stereocenters. The molecule has 0 radical (unpaired) electrons. The van der Waals surface area contributed by atoms with Crippen molar-refractivity contribution in [1.82, 2.24) is 25.2 Å². The van der Waals surface area contributed by atoms with Crippen molar-refractivity contribution in [3.63, 3.8) is 0 Å². The molecule has 1 amide bonds. The quantitative estimate of drug-likeness (QED) is 0.549. The lowest BCUT2D eigenvalue weighted by Crippen LogP contribution is -2.20. The Morgan fingerprint density at radius 2 is 1.90 bits per heavy atom. The average molecular weight is 431 g/mol.